The lowest BCUT2D eigenvalue weighted by Gasteiger charge is -2.12. The number of aromatic nitrogens is 3. The average Bonchev–Trinajstić information content (AvgIpc) is 2.97. The van der Waals surface area contributed by atoms with E-state index in [0.29, 0.717) is 13.1 Å². The summed E-state index contributed by atoms with van der Waals surface area (Å²) in [5, 5.41) is 4.65. The van der Waals surface area contributed by atoms with Crippen molar-refractivity contribution < 1.29 is 0 Å². The quantitative estimate of drug-likeness (QED) is 0.746. The Labute approximate surface area is 151 Å². The smallest absolute Gasteiger partial charge is 0.163 e. The number of nitrogens with zero attached hydrogens (tertiary/aromatic N) is 3. The number of rotatable bonds is 4. The third-order valence-corrected chi connectivity index (χ3v) is 5.88. The Bertz CT molecular complexity index is 859. The SMILES string of the molecule is NCCNc1nc(-c2ccncc2)nc2sc3c(c12)CCCCCC3. The first-order valence-electron chi connectivity index (χ1n) is 9.03. The molecule has 4 rings (SSSR count). The number of pyridine rings is 1. The second kappa shape index (κ2) is 7.45. The van der Waals surface area contributed by atoms with E-state index in [1.807, 2.05) is 23.5 Å². The molecule has 0 saturated carbocycles. The van der Waals surface area contributed by atoms with Crippen molar-refractivity contribution in [1.29, 1.82) is 0 Å². The summed E-state index contributed by atoms with van der Waals surface area (Å²) in [5.41, 5.74) is 8.17. The van der Waals surface area contributed by atoms with Crippen LogP contribution in [0.5, 0.6) is 0 Å². The minimum Gasteiger partial charge on any atom is -0.368 e. The summed E-state index contributed by atoms with van der Waals surface area (Å²) in [6.07, 6.45) is 11.0. The van der Waals surface area contributed by atoms with Gasteiger partial charge in [-0.05, 0) is 43.4 Å². The minimum absolute atomic E-state index is 0.586. The molecule has 1 aliphatic carbocycles. The number of hydrogen-bond donors (Lipinski definition) is 2. The maximum absolute atomic E-state index is 5.72. The van der Waals surface area contributed by atoms with Crippen LogP contribution in [0.25, 0.3) is 21.6 Å². The molecule has 0 atom stereocenters. The van der Waals surface area contributed by atoms with E-state index in [2.05, 4.69) is 10.3 Å². The third-order valence-electron chi connectivity index (χ3n) is 4.69. The van der Waals surface area contributed by atoms with Gasteiger partial charge in [0.1, 0.15) is 10.6 Å². The van der Waals surface area contributed by atoms with Gasteiger partial charge in [-0.2, -0.15) is 0 Å². The van der Waals surface area contributed by atoms with Crippen LogP contribution in [0.2, 0.25) is 0 Å². The number of thiophene rings is 1. The van der Waals surface area contributed by atoms with E-state index in [1.54, 1.807) is 12.4 Å². The highest BCUT2D eigenvalue weighted by atomic mass is 32.1. The zero-order chi connectivity index (χ0) is 17.1. The van der Waals surface area contributed by atoms with Crippen LogP contribution in [0, 0.1) is 0 Å². The van der Waals surface area contributed by atoms with Gasteiger partial charge in [0.15, 0.2) is 5.82 Å². The van der Waals surface area contributed by atoms with E-state index in [0.717, 1.165) is 34.9 Å². The van der Waals surface area contributed by atoms with Crippen LogP contribution >= 0.6 is 11.3 Å². The summed E-state index contributed by atoms with van der Waals surface area (Å²) < 4.78 is 0. The van der Waals surface area contributed by atoms with Gasteiger partial charge in [-0.3, -0.25) is 4.98 Å². The number of aryl methyl sites for hydroxylation is 2. The van der Waals surface area contributed by atoms with Crippen LogP contribution in [0.15, 0.2) is 24.5 Å². The number of anilines is 1. The fourth-order valence-electron chi connectivity index (χ4n) is 3.46. The van der Waals surface area contributed by atoms with Gasteiger partial charge >= 0.3 is 0 Å². The van der Waals surface area contributed by atoms with Gasteiger partial charge in [0.25, 0.3) is 0 Å². The number of nitrogens with one attached hydrogen (secondary N) is 1. The van der Waals surface area contributed by atoms with Crippen molar-refractivity contribution in [2.75, 3.05) is 18.4 Å². The molecule has 0 amide bonds. The Kier molecular flexibility index (Phi) is 4.90. The molecule has 0 aromatic carbocycles. The topological polar surface area (TPSA) is 76.7 Å². The summed E-state index contributed by atoms with van der Waals surface area (Å²) in [6.45, 7) is 1.30. The molecule has 6 heteroatoms. The van der Waals surface area contributed by atoms with Crippen molar-refractivity contribution in [2.45, 2.75) is 38.5 Å². The molecule has 0 fully saturated rings. The summed E-state index contributed by atoms with van der Waals surface area (Å²) in [6, 6.07) is 3.91. The van der Waals surface area contributed by atoms with E-state index in [-0.39, 0.29) is 0 Å². The molecule has 3 heterocycles. The molecule has 1 aliphatic rings. The fourth-order valence-corrected chi connectivity index (χ4v) is 4.72. The Hall–Kier alpha value is -2.05. The zero-order valence-electron chi connectivity index (χ0n) is 14.3. The van der Waals surface area contributed by atoms with Crippen molar-refractivity contribution in [1.82, 2.24) is 15.0 Å². The van der Waals surface area contributed by atoms with Crippen LogP contribution in [0.3, 0.4) is 0 Å². The van der Waals surface area contributed by atoms with E-state index in [1.165, 1.54) is 41.5 Å². The van der Waals surface area contributed by atoms with Crippen LogP contribution < -0.4 is 11.1 Å². The average molecular weight is 353 g/mol. The minimum atomic E-state index is 0.586. The molecule has 0 radical (unpaired) electrons. The molecule has 0 unspecified atom stereocenters. The van der Waals surface area contributed by atoms with E-state index in [4.69, 9.17) is 15.7 Å². The number of nitrogens with two attached hydrogens (primary N) is 1. The van der Waals surface area contributed by atoms with Gasteiger partial charge < -0.3 is 11.1 Å². The monoisotopic (exact) mass is 353 g/mol. The first kappa shape index (κ1) is 16.4. The largest absolute Gasteiger partial charge is 0.368 e. The van der Waals surface area contributed by atoms with Gasteiger partial charge in [0.05, 0.1) is 5.39 Å². The lowest BCUT2D eigenvalue weighted by atomic mass is 9.98. The van der Waals surface area contributed by atoms with Crippen LogP contribution in [-0.2, 0) is 12.8 Å². The predicted octanol–water partition coefficient (Wildman–Crippen LogP) is 3.78. The highest BCUT2D eigenvalue weighted by Crippen LogP contribution is 2.38. The molecule has 3 aromatic rings. The van der Waals surface area contributed by atoms with Crippen molar-refractivity contribution in [3.05, 3.63) is 35.0 Å². The number of fused-ring (bicyclic) bond motifs is 3. The Morgan fingerprint density at radius 1 is 1.04 bits per heavy atom. The van der Waals surface area contributed by atoms with Crippen molar-refractivity contribution in [2.24, 2.45) is 5.73 Å². The van der Waals surface area contributed by atoms with Crippen LogP contribution in [0.4, 0.5) is 5.82 Å². The first-order chi connectivity index (χ1) is 12.4. The Morgan fingerprint density at radius 3 is 2.64 bits per heavy atom. The summed E-state index contributed by atoms with van der Waals surface area (Å²) in [4.78, 5) is 16.4. The van der Waals surface area contributed by atoms with Gasteiger partial charge in [0.2, 0.25) is 0 Å². The molecule has 3 N–H and O–H groups in total. The molecule has 130 valence electrons. The molecule has 25 heavy (non-hydrogen) atoms. The molecule has 0 bridgehead atoms. The fraction of sp³-hybridized carbons (Fsp3) is 0.421. The highest BCUT2D eigenvalue weighted by molar-refractivity contribution is 7.19. The Balaban J connectivity index is 1.88. The van der Waals surface area contributed by atoms with E-state index < -0.39 is 0 Å². The molecule has 3 aromatic heterocycles. The van der Waals surface area contributed by atoms with Crippen molar-refractivity contribution in [3.8, 4) is 11.4 Å². The molecule has 0 spiro atoms. The van der Waals surface area contributed by atoms with Gasteiger partial charge in [-0.1, -0.05) is 12.8 Å². The predicted molar refractivity (Wildman–Crippen MR) is 104 cm³/mol. The lowest BCUT2D eigenvalue weighted by Crippen LogP contribution is -2.14. The summed E-state index contributed by atoms with van der Waals surface area (Å²) in [5.74, 6) is 1.68. The zero-order valence-corrected chi connectivity index (χ0v) is 15.1. The van der Waals surface area contributed by atoms with Crippen molar-refractivity contribution in [3.63, 3.8) is 0 Å². The Morgan fingerprint density at radius 2 is 1.84 bits per heavy atom. The second-order valence-corrected chi connectivity index (χ2v) is 7.53. The normalized spacial score (nSPS) is 14.8. The maximum Gasteiger partial charge on any atom is 0.163 e. The second-order valence-electron chi connectivity index (χ2n) is 6.45. The van der Waals surface area contributed by atoms with Gasteiger partial charge in [0, 0.05) is 35.9 Å². The highest BCUT2D eigenvalue weighted by Gasteiger charge is 2.20. The molecular weight excluding hydrogens is 330 g/mol. The number of hydrogen-bond acceptors (Lipinski definition) is 6. The summed E-state index contributed by atoms with van der Waals surface area (Å²) >= 11 is 1.84. The van der Waals surface area contributed by atoms with Crippen molar-refractivity contribution >= 4 is 27.4 Å². The standard InChI is InChI=1S/C19H23N5S/c20-9-12-22-18-16-14-5-3-1-2-4-6-15(14)25-19(16)24-17(23-18)13-7-10-21-11-8-13/h7-8,10-11H,1-6,9,12,20H2,(H,22,23,24). The molecule has 0 aliphatic heterocycles. The van der Waals surface area contributed by atoms with Gasteiger partial charge in [-0.25, -0.2) is 9.97 Å². The van der Waals surface area contributed by atoms with E-state index >= 15 is 0 Å². The maximum atomic E-state index is 5.72. The van der Waals surface area contributed by atoms with Gasteiger partial charge in [-0.15, -0.1) is 11.3 Å². The molecular formula is C19H23N5S. The first-order valence-corrected chi connectivity index (χ1v) is 9.85. The van der Waals surface area contributed by atoms with E-state index in [9.17, 15) is 0 Å². The third kappa shape index (κ3) is 3.37. The molecule has 5 nitrogen and oxygen atoms in total. The van der Waals surface area contributed by atoms with Crippen LogP contribution in [-0.4, -0.2) is 28.0 Å². The summed E-state index contributed by atoms with van der Waals surface area (Å²) in [7, 11) is 0. The molecule has 0 saturated heterocycles. The lowest BCUT2D eigenvalue weighted by molar-refractivity contribution is 0.624. The van der Waals surface area contributed by atoms with Crippen LogP contribution in [0.1, 0.15) is 36.1 Å².